The van der Waals surface area contributed by atoms with Crippen LogP contribution in [0.5, 0.6) is 0 Å². The van der Waals surface area contributed by atoms with Gasteiger partial charge in [0, 0.05) is 24.8 Å². The van der Waals surface area contributed by atoms with Crippen molar-refractivity contribution in [3.05, 3.63) is 34.9 Å². The SMILES string of the molecule is Clc1cccc(C2CNCCC2C2CCCOC2)c1. The molecule has 3 rings (SSSR count). The molecule has 2 nitrogen and oxygen atoms in total. The number of nitrogens with one attached hydrogen (secondary N) is 1. The second-order valence-electron chi connectivity index (χ2n) is 5.80. The van der Waals surface area contributed by atoms with Crippen LogP contribution in [0.3, 0.4) is 0 Å². The largest absolute Gasteiger partial charge is 0.381 e. The summed E-state index contributed by atoms with van der Waals surface area (Å²) in [5, 5.41) is 4.39. The lowest BCUT2D eigenvalue weighted by molar-refractivity contribution is 0.0185. The molecule has 3 unspecified atom stereocenters. The van der Waals surface area contributed by atoms with Crippen LogP contribution in [0.1, 0.15) is 30.7 Å². The number of halogens is 1. The van der Waals surface area contributed by atoms with E-state index < -0.39 is 0 Å². The van der Waals surface area contributed by atoms with Gasteiger partial charge in [0.25, 0.3) is 0 Å². The van der Waals surface area contributed by atoms with Gasteiger partial charge in [-0.2, -0.15) is 0 Å². The number of ether oxygens (including phenoxy) is 1. The van der Waals surface area contributed by atoms with E-state index in [4.69, 9.17) is 16.3 Å². The van der Waals surface area contributed by atoms with Gasteiger partial charge >= 0.3 is 0 Å². The Balaban J connectivity index is 1.80. The number of hydrogen-bond acceptors (Lipinski definition) is 2. The highest BCUT2D eigenvalue weighted by atomic mass is 35.5. The van der Waals surface area contributed by atoms with E-state index in [1.165, 1.54) is 24.8 Å². The van der Waals surface area contributed by atoms with Crippen LogP contribution in [0.2, 0.25) is 5.02 Å². The van der Waals surface area contributed by atoms with Gasteiger partial charge in [0.1, 0.15) is 0 Å². The molecule has 2 aliphatic rings. The molecule has 1 aromatic carbocycles. The second kappa shape index (κ2) is 6.25. The van der Waals surface area contributed by atoms with Crippen LogP contribution in [0, 0.1) is 11.8 Å². The average molecular weight is 280 g/mol. The lowest BCUT2D eigenvalue weighted by atomic mass is 9.72. The van der Waals surface area contributed by atoms with Crippen LogP contribution in [0.15, 0.2) is 24.3 Å². The first-order valence-electron chi connectivity index (χ1n) is 7.38. The summed E-state index contributed by atoms with van der Waals surface area (Å²) >= 11 is 6.15. The van der Waals surface area contributed by atoms with Crippen molar-refractivity contribution in [3.8, 4) is 0 Å². The molecule has 0 spiro atoms. The van der Waals surface area contributed by atoms with Crippen molar-refractivity contribution in [2.24, 2.45) is 11.8 Å². The number of hydrogen-bond donors (Lipinski definition) is 1. The summed E-state index contributed by atoms with van der Waals surface area (Å²) in [5.74, 6) is 2.04. The smallest absolute Gasteiger partial charge is 0.0497 e. The molecule has 19 heavy (non-hydrogen) atoms. The molecule has 3 atom stereocenters. The first-order chi connectivity index (χ1) is 9.34. The van der Waals surface area contributed by atoms with Crippen LogP contribution >= 0.6 is 11.6 Å². The molecule has 3 heteroatoms. The molecular formula is C16H22ClNO. The molecule has 2 fully saturated rings. The summed E-state index contributed by atoms with van der Waals surface area (Å²) in [6, 6.07) is 8.39. The van der Waals surface area contributed by atoms with Gasteiger partial charge in [-0.15, -0.1) is 0 Å². The van der Waals surface area contributed by atoms with Gasteiger partial charge in [-0.25, -0.2) is 0 Å². The Morgan fingerprint density at radius 2 is 2.21 bits per heavy atom. The Morgan fingerprint density at radius 1 is 1.26 bits per heavy atom. The van der Waals surface area contributed by atoms with Gasteiger partial charge in [-0.1, -0.05) is 23.7 Å². The number of piperidine rings is 1. The summed E-state index contributed by atoms with van der Waals surface area (Å²) in [6.07, 6.45) is 3.80. The third kappa shape index (κ3) is 3.13. The average Bonchev–Trinajstić information content (AvgIpc) is 2.48. The van der Waals surface area contributed by atoms with Gasteiger partial charge in [0.15, 0.2) is 0 Å². The van der Waals surface area contributed by atoms with Crippen molar-refractivity contribution < 1.29 is 4.74 Å². The number of benzene rings is 1. The molecule has 2 saturated heterocycles. The van der Waals surface area contributed by atoms with E-state index in [1.807, 2.05) is 6.07 Å². The predicted octanol–water partition coefficient (Wildman–Crippen LogP) is 3.46. The van der Waals surface area contributed by atoms with Gasteiger partial charge in [-0.05, 0) is 61.3 Å². The topological polar surface area (TPSA) is 21.3 Å². The maximum Gasteiger partial charge on any atom is 0.0497 e. The molecule has 0 radical (unpaired) electrons. The Kier molecular flexibility index (Phi) is 4.42. The standard InChI is InChI=1S/C16H22ClNO/c17-14-5-1-3-12(9-14)16-10-18-7-6-15(16)13-4-2-8-19-11-13/h1,3,5,9,13,15-16,18H,2,4,6-8,10-11H2. The predicted molar refractivity (Wildman–Crippen MR) is 78.7 cm³/mol. The first-order valence-corrected chi connectivity index (χ1v) is 7.76. The van der Waals surface area contributed by atoms with Gasteiger partial charge < -0.3 is 10.1 Å². The van der Waals surface area contributed by atoms with Crippen molar-refractivity contribution in [1.82, 2.24) is 5.32 Å². The molecule has 2 heterocycles. The van der Waals surface area contributed by atoms with Gasteiger partial charge in [0.05, 0.1) is 0 Å². The van der Waals surface area contributed by atoms with Crippen molar-refractivity contribution in [2.45, 2.75) is 25.2 Å². The van der Waals surface area contributed by atoms with Crippen LogP contribution in [0.25, 0.3) is 0 Å². The fourth-order valence-electron chi connectivity index (χ4n) is 3.65. The summed E-state index contributed by atoms with van der Waals surface area (Å²) < 4.78 is 5.70. The maximum atomic E-state index is 6.15. The fraction of sp³-hybridized carbons (Fsp3) is 0.625. The maximum absolute atomic E-state index is 6.15. The highest BCUT2D eigenvalue weighted by Crippen LogP contribution is 2.38. The van der Waals surface area contributed by atoms with Crippen molar-refractivity contribution in [3.63, 3.8) is 0 Å². The van der Waals surface area contributed by atoms with E-state index in [2.05, 4.69) is 23.5 Å². The quantitative estimate of drug-likeness (QED) is 0.895. The molecular weight excluding hydrogens is 258 g/mol. The monoisotopic (exact) mass is 279 g/mol. The van der Waals surface area contributed by atoms with E-state index in [1.54, 1.807) is 0 Å². The molecule has 1 N–H and O–H groups in total. The van der Waals surface area contributed by atoms with E-state index in [0.29, 0.717) is 5.92 Å². The second-order valence-corrected chi connectivity index (χ2v) is 6.23. The fourth-order valence-corrected chi connectivity index (χ4v) is 3.85. The minimum Gasteiger partial charge on any atom is -0.381 e. The van der Waals surface area contributed by atoms with Crippen molar-refractivity contribution >= 4 is 11.6 Å². The lowest BCUT2D eigenvalue weighted by Crippen LogP contribution is -2.40. The molecule has 0 bridgehead atoms. The van der Waals surface area contributed by atoms with E-state index >= 15 is 0 Å². The zero-order valence-electron chi connectivity index (χ0n) is 11.3. The van der Waals surface area contributed by atoms with E-state index in [-0.39, 0.29) is 0 Å². The zero-order valence-corrected chi connectivity index (χ0v) is 12.0. The Labute approximate surface area is 120 Å². The minimum atomic E-state index is 0.583. The van der Waals surface area contributed by atoms with E-state index in [9.17, 15) is 0 Å². The number of rotatable bonds is 2. The highest BCUT2D eigenvalue weighted by Gasteiger charge is 2.33. The third-order valence-corrected chi connectivity index (χ3v) is 4.85. The van der Waals surface area contributed by atoms with Crippen LogP contribution in [0.4, 0.5) is 0 Å². The van der Waals surface area contributed by atoms with Crippen LogP contribution in [-0.4, -0.2) is 26.3 Å². The van der Waals surface area contributed by atoms with Crippen LogP contribution in [-0.2, 0) is 4.74 Å². The first kappa shape index (κ1) is 13.4. The van der Waals surface area contributed by atoms with E-state index in [0.717, 1.165) is 43.2 Å². The van der Waals surface area contributed by atoms with Gasteiger partial charge in [-0.3, -0.25) is 0 Å². The molecule has 0 saturated carbocycles. The Morgan fingerprint density at radius 3 is 3.00 bits per heavy atom. The van der Waals surface area contributed by atoms with Crippen molar-refractivity contribution in [2.75, 3.05) is 26.3 Å². The van der Waals surface area contributed by atoms with Crippen molar-refractivity contribution in [1.29, 1.82) is 0 Å². The normalized spacial score (nSPS) is 32.2. The summed E-state index contributed by atoms with van der Waals surface area (Å²) in [6.45, 7) is 4.10. The highest BCUT2D eigenvalue weighted by molar-refractivity contribution is 6.30. The lowest BCUT2D eigenvalue weighted by Gasteiger charge is -2.39. The Hall–Kier alpha value is -0.570. The molecule has 2 aliphatic heterocycles. The molecule has 1 aromatic rings. The third-order valence-electron chi connectivity index (χ3n) is 4.61. The Bertz CT molecular complexity index is 417. The summed E-state index contributed by atoms with van der Waals surface area (Å²) in [7, 11) is 0. The summed E-state index contributed by atoms with van der Waals surface area (Å²) in [5.41, 5.74) is 1.38. The molecule has 104 valence electrons. The zero-order chi connectivity index (χ0) is 13.1. The molecule has 0 aromatic heterocycles. The van der Waals surface area contributed by atoms with Gasteiger partial charge in [0.2, 0.25) is 0 Å². The summed E-state index contributed by atoms with van der Waals surface area (Å²) in [4.78, 5) is 0. The molecule has 0 amide bonds. The molecule has 0 aliphatic carbocycles. The van der Waals surface area contributed by atoms with Crippen LogP contribution < -0.4 is 5.32 Å². The minimum absolute atomic E-state index is 0.583.